The van der Waals surface area contributed by atoms with Gasteiger partial charge in [0, 0.05) is 36.3 Å². The normalized spacial score (nSPS) is 10.3. The Morgan fingerprint density at radius 2 is 2.16 bits per heavy atom. The van der Waals surface area contributed by atoms with E-state index in [0.29, 0.717) is 19.6 Å². The first kappa shape index (κ1) is 15.9. The summed E-state index contributed by atoms with van der Waals surface area (Å²) in [6.07, 6.45) is 0. The molecule has 0 saturated heterocycles. The average molecular weight is 281 g/mol. The SMILES string of the molecule is CCNC(=O)CN(C)c1cccc(SCC)c1CN. The minimum atomic E-state index is 0.0292. The third kappa shape index (κ3) is 4.44. The van der Waals surface area contributed by atoms with Crippen LogP contribution in [0, 0.1) is 0 Å². The molecule has 5 heteroatoms. The first-order chi connectivity index (χ1) is 9.13. The number of nitrogens with zero attached hydrogens (tertiary/aromatic N) is 1. The molecule has 19 heavy (non-hydrogen) atoms. The molecule has 0 atom stereocenters. The Labute approximate surface area is 119 Å². The zero-order chi connectivity index (χ0) is 14.3. The number of benzene rings is 1. The van der Waals surface area contributed by atoms with Gasteiger partial charge in [0.15, 0.2) is 0 Å². The number of nitrogens with one attached hydrogen (secondary N) is 1. The number of nitrogens with two attached hydrogens (primary N) is 1. The molecule has 106 valence electrons. The van der Waals surface area contributed by atoms with E-state index in [-0.39, 0.29) is 5.91 Å². The van der Waals surface area contributed by atoms with E-state index in [2.05, 4.69) is 18.3 Å². The quantitative estimate of drug-likeness (QED) is 0.749. The van der Waals surface area contributed by atoms with Crippen LogP contribution in [0.1, 0.15) is 19.4 Å². The Kier molecular flexibility index (Phi) is 6.73. The van der Waals surface area contributed by atoms with Crippen molar-refractivity contribution in [2.75, 3.05) is 30.8 Å². The van der Waals surface area contributed by atoms with Crippen LogP contribution < -0.4 is 16.0 Å². The second kappa shape index (κ2) is 8.07. The Morgan fingerprint density at radius 1 is 1.42 bits per heavy atom. The highest BCUT2D eigenvalue weighted by Gasteiger charge is 2.13. The van der Waals surface area contributed by atoms with Gasteiger partial charge in [0.05, 0.1) is 6.54 Å². The van der Waals surface area contributed by atoms with Crippen molar-refractivity contribution in [2.45, 2.75) is 25.3 Å². The van der Waals surface area contributed by atoms with Gasteiger partial charge in [-0.3, -0.25) is 4.79 Å². The van der Waals surface area contributed by atoms with Crippen LogP contribution in [-0.4, -0.2) is 31.8 Å². The molecule has 0 radical (unpaired) electrons. The fourth-order valence-corrected chi connectivity index (χ4v) is 2.81. The Hall–Kier alpha value is -1.20. The van der Waals surface area contributed by atoms with Gasteiger partial charge in [0.25, 0.3) is 0 Å². The number of hydrogen-bond acceptors (Lipinski definition) is 4. The van der Waals surface area contributed by atoms with Crippen LogP contribution in [-0.2, 0) is 11.3 Å². The molecular weight excluding hydrogens is 258 g/mol. The van der Waals surface area contributed by atoms with Crippen molar-refractivity contribution in [3.8, 4) is 0 Å². The van der Waals surface area contributed by atoms with Crippen LogP contribution in [0.3, 0.4) is 0 Å². The van der Waals surface area contributed by atoms with Crippen LogP contribution >= 0.6 is 11.8 Å². The molecule has 1 aromatic carbocycles. The molecule has 1 rings (SSSR count). The fraction of sp³-hybridized carbons (Fsp3) is 0.500. The minimum Gasteiger partial charge on any atom is -0.365 e. The van der Waals surface area contributed by atoms with Crippen molar-refractivity contribution >= 4 is 23.4 Å². The highest BCUT2D eigenvalue weighted by molar-refractivity contribution is 7.99. The smallest absolute Gasteiger partial charge is 0.239 e. The molecule has 0 aromatic heterocycles. The van der Waals surface area contributed by atoms with E-state index in [1.165, 1.54) is 4.90 Å². The number of carbonyl (C=O) groups excluding carboxylic acids is 1. The number of anilines is 1. The summed E-state index contributed by atoms with van der Waals surface area (Å²) in [5.74, 6) is 1.04. The molecule has 0 spiro atoms. The zero-order valence-corrected chi connectivity index (χ0v) is 12.7. The molecule has 0 heterocycles. The Bertz CT molecular complexity index is 423. The summed E-state index contributed by atoms with van der Waals surface area (Å²) in [5, 5.41) is 2.81. The minimum absolute atomic E-state index is 0.0292. The average Bonchev–Trinajstić information content (AvgIpc) is 2.39. The summed E-state index contributed by atoms with van der Waals surface area (Å²) in [5.41, 5.74) is 8.02. The van der Waals surface area contributed by atoms with Gasteiger partial charge in [-0.25, -0.2) is 0 Å². The van der Waals surface area contributed by atoms with Crippen LogP contribution in [0.25, 0.3) is 0 Å². The lowest BCUT2D eigenvalue weighted by Gasteiger charge is -2.23. The monoisotopic (exact) mass is 281 g/mol. The van der Waals surface area contributed by atoms with Crippen LogP contribution in [0.2, 0.25) is 0 Å². The lowest BCUT2D eigenvalue weighted by molar-refractivity contribution is -0.119. The molecule has 0 aliphatic carbocycles. The van der Waals surface area contributed by atoms with Crippen molar-refractivity contribution in [3.63, 3.8) is 0 Å². The van der Waals surface area contributed by atoms with E-state index < -0.39 is 0 Å². The van der Waals surface area contributed by atoms with E-state index in [0.717, 1.165) is 17.0 Å². The fourth-order valence-electron chi connectivity index (χ4n) is 1.96. The van der Waals surface area contributed by atoms with Crippen molar-refractivity contribution in [2.24, 2.45) is 5.73 Å². The summed E-state index contributed by atoms with van der Waals surface area (Å²) >= 11 is 1.78. The van der Waals surface area contributed by atoms with Gasteiger partial charge >= 0.3 is 0 Å². The highest BCUT2D eigenvalue weighted by Crippen LogP contribution is 2.29. The molecule has 4 nitrogen and oxygen atoms in total. The number of hydrogen-bond donors (Lipinski definition) is 2. The maximum Gasteiger partial charge on any atom is 0.239 e. The van der Waals surface area contributed by atoms with Gasteiger partial charge in [-0.1, -0.05) is 13.0 Å². The highest BCUT2D eigenvalue weighted by atomic mass is 32.2. The largest absolute Gasteiger partial charge is 0.365 e. The molecule has 1 amide bonds. The van der Waals surface area contributed by atoms with Gasteiger partial charge in [0.2, 0.25) is 5.91 Å². The molecule has 0 bridgehead atoms. The molecule has 0 aliphatic rings. The number of thioether (sulfide) groups is 1. The number of amides is 1. The molecule has 3 N–H and O–H groups in total. The third-order valence-corrected chi connectivity index (χ3v) is 3.76. The Morgan fingerprint density at radius 3 is 2.74 bits per heavy atom. The van der Waals surface area contributed by atoms with Crippen molar-refractivity contribution < 1.29 is 4.79 Å². The van der Waals surface area contributed by atoms with E-state index in [4.69, 9.17) is 5.73 Å². The van der Waals surface area contributed by atoms with E-state index in [9.17, 15) is 4.79 Å². The second-order valence-corrected chi connectivity index (χ2v) is 5.51. The summed E-state index contributed by atoms with van der Waals surface area (Å²) in [6.45, 7) is 5.53. The maximum absolute atomic E-state index is 11.6. The predicted molar refractivity (Wildman–Crippen MR) is 82.7 cm³/mol. The standard InChI is InChI=1S/C14H23N3OS/c1-4-16-14(18)10-17(3)12-7-6-8-13(19-5-2)11(12)9-15/h6-8H,4-5,9-10,15H2,1-3H3,(H,16,18). The van der Waals surface area contributed by atoms with Gasteiger partial charge in [-0.15, -0.1) is 11.8 Å². The molecule has 0 saturated carbocycles. The number of carbonyl (C=O) groups is 1. The summed E-state index contributed by atoms with van der Waals surface area (Å²) < 4.78 is 0. The molecule has 0 aliphatic heterocycles. The lowest BCUT2D eigenvalue weighted by Crippen LogP contribution is -2.35. The van der Waals surface area contributed by atoms with E-state index in [1.807, 2.05) is 31.0 Å². The Balaban J connectivity index is 2.92. The lowest BCUT2D eigenvalue weighted by atomic mass is 10.1. The van der Waals surface area contributed by atoms with Gasteiger partial charge < -0.3 is 16.0 Å². The number of rotatable bonds is 7. The zero-order valence-electron chi connectivity index (χ0n) is 11.9. The summed E-state index contributed by atoms with van der Waals surface area (Å²) in [6, 6.07) is 6.11. The van der Waals surface area contributed by atoms with Gasteiger partial charge in [0.1, 0.15) is 0 Å². The van der Waals surface area contributed by atoms with Crippen molar-refractivity contribution in [3.05, 3.63) is 23.8 Å². The summed E-state index contributed by atoms with van der Waals surface area (Å²) in [7, 11) is 1.92. The topological polar surface area (TPSA) is 58.4 Å². The van der Waals surface area contributed by atoms with Crippen LogP contribution in [0.4, 0.5) is 5.69 Å². The second-order valence-electron chi connectivity index (χ2n) is 4.20. The predicted octanol–water partition coefficient (Wildman–Crippen LogP) is 1.83. The van der Waals surface area contributed by atoms with E-state index in [1.54, 1.807) is 11.8 Å². The summed E-state index contributed by atoms with van der Waals surface area (Å²) in [4.78, 5) is 14.8. The third-order valence-electron chi connectivity index (χ3n) is 2.78. The first-order valence-electron chi connectivity index (χ1n) is 6.56. The van der Waals surface area contributed by atoms with Crippen molar-refractivity contribution in [1.29, 1.82) is 0 Å². The molecule has 1 aromatic rings. The van der Waals surface area contributed by atoms with E-state index >= 15 is 0 Å². The van der Waals surface area contributed by atoms with Gasteiger partial charge in [-0.05, 0) is 24.8 Å². The maximum atomic E-state index is 11.6. The molecule has 0 fully saturated rings. The first-order valence-corrected chi connectivity index (χ1v) is 7.55. The molecular formula is C14H23N3OS. The van der Waals surface area contributed by atoms with Gasteiger partial charge in [-0.2, -0.15) is 0 Å². The van der Waals surface area contributed by atoms with Crippen LogP contribution in [0.5, 0.6) is 0 Å². The van der Waals surface area contributed by atoms with Crippen molar-refractivity contribution in [1.82, 2.24) is 5.32 Å². The number of likely N-dealkylation sites (N-methyl/N-ethyl adjacent to an activating group) is 2. The molecule has 0 unspecified atom stereocenters. The van der Waals surface area contributed by atoms with Crippen LogP contribution in [0.15, 0.2) is 23.1 Å².